The molecule has 24 heavy (non-hydrogen) atoms. The van der Waals surface area contributed by atoms with Gasteiger partial charge in [0.05, 0.1) is 6.54 Å². The van der Waals surface area contributed by atoms with E-state index in [0.29, 0.717) is 12.4 Å². The van der Waals surface area contributed by atoms with Crippen LogP contribution in [0.1, 0.15) is 40.8 Å². The van der Waals surface area contributed by atoms with E-state index in [1.807, 2.05) is 6.07 Å². The van der Waals surface area contributed by atoms with Crippen LogP contribution in [-0.2, 0) is 17.9 Å². The number of likely N-dealkylation sites (tertiary alicyclic amines) is 1. The molecule has 1 aliphatic rings. The van der Waals surface area contributed by atoms with Gasteiger partial charge in [0.1, 0.15) is 12.8 Å². The second-order valence-electron chi connectivity index (χ2n) is 5.81. The third-order valence-electron chi connectivity index (χ3n) is 4.09. The molecule has 9 heteroatoms. The third-order valence-corrected chi connectivity index (χ3v) is 4.09. The zero-order valence-electron chi connectivity index (χ0n) is 13.0. The topological polar surface area (TPSA) is 122 Å². The summed E-state index contributed by atoms with van der Waals surface area (Å²) < 4.78 is 6.72. The van der Waals surface area contributed by atoms with Crippen LogP contribution in [0.25, 0.3) is 0 Å². The molecule has 0 spiro atoms. The minimum absolute atomic E-state index is 0.0990. The van der Waals surface area contributed by atoms with E-state index in [9.17, 15) is 9.59 Å². The number of hydrogen-bond acceptors (Lipinski definition) is 6. The van der Waals surface area contributed by atoms with Crippen molar-refractivity contribution >= 4 is 11.9 Å². The van der Waals surface area contributed by atoms with E-state index in [-0.39, 0.29) is 18.2 Å². The van der Waals surface area contributed by atoms with Gasteiger partial charge in [-0.25, -0.2) is 9.78 Å². The Morgan fingerprint density at radius 2 is 2.21 bits per heavy atom. The Hall–Kier alpha value is -2.68. The first-order valence-electron chi connectivity index (χ1n) is 7.66. The second kappa shape index (κ2) is 6.83. The fraction of sp³-hybridized carbons (Fsp3) is 0.467. The zero-order chi connectivity index (χ0) is 17.1. The molecule has 0 bridgehead atoms. The lowest BCUT2D eigenvalue weighted by Crippen LogP contribution is -2.35. The van der Waals surface area contributed by atoms with E-state index < -0.39 is 11.9 Å². The van der Waals surface area contributed by atoms with Crippen LogP contribution in [0.15, 0.2) is 22.9 Å². The van der Waals surface area contributed by atoms with Crippen LogP contribution in [0.4, 0.5) is 0 Å². The summed E-state index contributed by atoms with van der Waals surface area (Å²) in [5, 5.41) is 21.9. The second-order valence-corrected chi connectivity index (χ2v) is 5.81. The summed E-state index contributed by atoms with van der Waals surface area (Å²) in [5.74, 6) is -1.49. The van der Waals surface area contributed by atoms with Gasteiger partial charge in [-0.15, -0.1) is 0 Å². The summed E-state index contributed by atoms with van der Waals surface area (Å²) in [4.78, 5) is 27.8. The average molecular weight is 334 g/mol. The summed E-state index contributed by atoms with van der Waals surface area (Å²) >= 11 is 0. The number of aromatic nitrogens is 3. The molecule has 0 amide bonds. The highest BCUT2D eigenvalue weighted by Gasteiger charge is 2.25. The van der Waals surface area contributed by atoms with Crippen molar-refractivity contribution in [2.45, 2.75) is 31.8 Å². The van der Waals surface area contributed by atoms with Crippen LogP contribution < -0.4 is 0 Å². The Balaban J connectivity index is 1.67. The summed E-state index contributed by atoms with van der Waals surface area (Å²) in [5.41, 5.74) is 0.804. The van der Waals surface area contributed by atoms with Crippen molar-refractivity contribution in [2.24, 2.45) is 0 Å². The maximum Gasteiger partial charge on any atom is 0.357 e. The lowest BCUT2D eigenvalue weighted by atomic mass is 9.94. The normalized spacial score (nSPS) is 18.6. The van der Waals surface area contributed by atoms with Crippen LogP contribution in [-0.4, -0.2) is 54.9 Å². The highest BCUT2D eigenvalue weighted by atomic mass is 16.4. The van der Waals surface area contributed by atoms with Crippen molar-refractivity contribution in [3.8, 4) is 0 Å². The quantitative estimate of drug-likeness (QED) is 0.803. The van der Waals surface area contributed by atoms with Gasteiger partial charge >= 0.3 is 11.9 Å². The highest BCUT2D eigenvalue weighted by Crippen LogP contribution is 2.27. The zero-order valence-corrected chi connectivity index (χ0v) is 13.0. The summed E-state index contributed by atoms with van der Waals surface area (Å²) in [6.45, 7) is 1.85. The Morgan fingerprint density at radius 3 is 2.92 bits per heavy atom. The highest BCUT2D eigenvalue weighted by molar-refractivity contribution is 5.84. The number of carbonyl (C=O) groups is 2. The van der Waals surface area contributed by atoms with E-state index in [2.05, 4.69) is 15.0 Å². The number of rotatable bonds is 6. The summed E-state index contributed by atoms with van der Waals surface area (Å²) in [7, 11) is 0. The summed E-state index contributed by atoms with van der Waals surface area (Å²) in [6, 6.07) is 1.85. The third kappa shape index (κ3) is 3.62. The van der Waals surface area contributed by atoms with E-state index in [1.54, 1.807) is 6.20 Å². The number of carboxylic acids is 2. The fourth-order valence-electron chi connectivity index (χ4n) is 3.06. The molecule has 0 radical (unpaired) electrons. The van der Waals surface area contributed by atoms with E-state index in [4.69, 9.17) is 14.6 Å². The molecule has 1 aliphatic heterocycles. The molecule has 1 saturated heterocycles. The molecule has 0 aliphatic carbocycles. The maximum absolute atomic E-state index is 10.9. The molecular weight excluding hydrogens is 316 g/mol. The van der Waals surface area contributed by atoms with Gasteiger partial charge in [-0.2, -0.15) is 5.10 Å². The molecule has 3 rings (SSSR count). The van der Waals surface area contributed by atoms with Crippen LogP contribution >= 0.6 is 0 Å². The number of carboxylic acid groups (broad SMARTS) is 2. The molecule has 128 valence electrons. The van der Waals surface area contributed by atoms with Crippen LogP contribution in [0.5, 0.6) is 0 Å². The van der Waals surface area contributed by atoms with Gasteiger partial charge in [0, 0.05) is 24.4 Å². The Bertz CT molecular complexity index is 738. The number of aromatic carboxylic acids is 1. The molecular formula is C15H18N4O5. The minimum Gasteiger partial charge on any atom is -0.480 e. The van der Waals surface area contributed by atoms with Gasteiger partial charge in [0.2, 0.25) is 5.89 Å². The first-order valence-corrected chi connectivity index (χ1v) is 7.66. The molecule has 1 fully saturated rings. The molecule has 2 aromatic rings. The SMILES string of the molecule is O=C(O)Cn1nccc1C1CCCN(Cc2nc(C(=O)O)co2)C1. The molecule has 0 saturated carbocycles. The predicted octanol–water partition coefficient (Wildman–Crippen LogP) is 1.03. The van der Waals surface area contributed by atoms with Gasteiger partial charge in [0.25, 0.3) is 0 Å². The lowest BCUT2D eigenvalue weighted by molar-refractivity contribution is -0.137. The lowest BCUT2D eigenvalue weighted by Gasteiger charge is -2.32. The van der Waals surface area contributed by atoms with E-state index >= 15 is 0 Å². The number of aliphatic carboxylic acids is 1. The van der Waals surface area contributed by atoms with Gasteiger partial charge in [-0.1, -0.05) is 0 Å². The van der Waals surface area contributed by atoms with Crippen molar-refractivity contribution in [3.63, 3.8) is 0 Å². The standard InChI is InChI=1S/C15H18N4O5/c20-14(21)8-19-12(3-4-16-19)10-2-1-5-18(6-10)7-13-17-11(9-24-13)15(22)23/h3-4,9-10H,1-2,5-8H2,(H,20,21)(H,22,23). The van der Waals surface area contributed by atoms with Crippen molar-refractivity contribution in [3.05, 3.63) is 35.8 Å². The van der Waals surface area contributed by atoms with Crippen molar-refractivity contribution < 1.29 is 24.2 Å². The number of oxazole rings is 1. The number of hydrogen-bond donors (Lipinski definition) is 2. The minimum atomic E-state index is -1.11. The first kappa shape index (κ1) is 16.2. The van der Waals surface area contributed by atoms with Gasteiger partial charge in [0.15, 0.2) is 5.69 Å². The monoisotopic (exact) mass is 334 g/mol. The van der Waals surface area contributed by atoms with Crippen LogP contribution in [0.3, 0.4) is 0 Å². The average Bonchev–Trinajstić information content (AvgIpc) is 3.16. The molecule has 2 N–H and O–H groups in total. The fourth-order valence-corrected chi connectivity index (χ4v) is 3.06. The van der Waals surface area contributed by atoms with E-state index in [0.717, 1.165) is 37.9 Å². The Kier molecular flexibility index (Phi) is 4.61. The van der Waals surface area contributed by atoms with Crippen molar-refractivity contribution in [1.29, 1.82) is 0 Å². The Morgan fingerprint density at radius 1 is 1.38 bits per heavy atom. The van der Waals surface area contributed by atoms with Crippen LogP contribution in [0, 0.1) is 0 Å². The predicted molar refractivity (Wildman–Crippen MR) is 80.6 cm³/mol. The van der Waals surface area contributed by atoms with E-state index in [1.165, 1.54) is 4.68 Å². The Labute approximate surface area is 137 Å². The smallest absolute Gasteiger partial charge is 0.357 e. The van der Waals surface area contributed by atoms with Crippen molar-refractivity contribution in [1.82, 2.24) is 19.7 Å². The maximum atomic E-state index is 10.9. The molecule has 1 unspecified atom stereocenters. The van der Waals surface area contributed by atoms with Gasteiger partial charge in [-0.3, -0.25) is 14.4 Å². The summed E-state index contributed by atoms with van der Waals surface area (Å²) in [6.07, 6.45) is 4.66. The molecule has 9 nitrogen and oxygen atoms in total. The number of nitrogens with zero attached hydrogens (tertiary/aromatic N) is 4. The van der Waals surface area contributed by atoms with Crippen molar-refractivity contribution in [2.75, 3.05) is 13.1 Å². The van der Waals surface area contributed by atoms with Gasteiger partial charge in [-0.05, 0) is 25.5 Å². The molecule has 3 heterocycles. The number of piperidine rings is 1. The molecule has 2 aromatic heterocycles. The van der Waals surface area contributed by atoms with Crippen LogP contribution in [0.2, 0.25) is 0 Å². The molecule has 0 aromatic carbocycles. The largest absolute Gasteiger partial charge is 0.480 e. The van der Waals surface area contributed by atoms with Gasteiger partial charge < -0.3 is 14.6 Å². The molecule has 1 atom stereocenters. The first-order chi connectivity index (χ1) is 11.5.